The summed E-state index contributed by atoms with van der Waals surface area (Å²) in [5.41, 5.74) is 6.37. The third-order valence-corrected chi connectivity index (χ3v) is 5.38. The molecule has 26 heavy (non-hydrogen) atoms. The Kier molecular flexibility index (Phi) is 5.54. The first-order valence-corrected chi connectivity index (χ1v) is 9.36. The van der Waals surface area contributed by atoms with Crippen LogP contribution in [0.15, 0.2) is 24.3 Å². The van der Waals surface area contributed by atoms with Crippen molar-refractivity contribution in [2.45, 2.75) is 40.8 Å². The molecular weight excluding hydrogens is 324 g/mol. The maximum absolute atomic E-state index is 9.93. The van der Waals surface area contributed by atoms with Crippen LogP contribution in [0.25, 0.3) is 0 Å². The predicted octanol–water partition coefficient (Wildman–Crippen LogP) is 3.65. The zero-order valence-electron chi connectivity index (χ0n) is 16.3. The minimum atomic E-state index is 0.415. The number of phenolic OH excluding ortho intramolecular Hbond substituents is 2. The average Bonchev–Trinajstić information content (AvgIpc) is 2.59. The number of benzene rings is 2. The van der Waals surface area contributed by atoms with Crippen LogP contribution >= 0.6 is 0 Å². The molecule has 3 rings (SSSR count). The fraction of sp³-hybridized carbons (Fsp3) is 0.455. The summed E-state index contributed by atoms with van der Waals surface area (Å²) >= 11 is 0. The van der Waals surface area contributed by atoms with E-state index in [4.69, 9.17) is 0 Å². The molecule has 2 aromatic carbocycles. The van der Waals surface area contributed by atoms with Crippen LogP contribution in [0, 0.1) is 27.7 Å². The van der Waals surface area contributed by atoms with Crippen molar-refractivity contribution in [3.8, 4) is 11.5 Å². The largest absolute Gasteiger partial charge is 0.507 e. The second-order valence-corrected chi connectivity index (χ2v) is 7.71. The summed E-state index contributed by atoms with van der Waals surface area (Å²) in [6, 6.07) is 8.38. The minimum Gasteiger partial charge on any atom is -0.507 e. The molecule has 0 amide bonds. The lowest BCUT2D eigenvalue weighted by Gasteiger charge is -2.35. The zero-order valence-corrected chi connectivity index (χ0v) is 16.3. The Morgan fingerprint density at radius 3 is 1.15 bits per heavy atom. The van der Waals surface area contributed by atoms with Gasteiger partial charge >= 0.3 is 0 Å². The van der Waals surface area contributed by atoms with Crippen LogP contribution in [0.4, 0.5) is 0 Å². The number of rotatable bonds is 4. The predicted molar refractivity (Wildman–Crippen MR) is 106 cm³/mol. The van der Waals surface area contributed by atoms with Gasteiger partial charge in [0.1, 0.15) is 11.5 Å². The standard InChI is InChI=1S/C22H30N2O2/c1-15-9-19(10-16(2)21(15)25)13-23-5-7-24(8-6-23)14-20-11-17(3)22(26)18(4)12-20/h9-12,25-26H,5-8,13-14H2,1-4H3. The molecule has 0 unspecified atom stereocenters. The van der Waals surface area contributed by atoms with Gasteiger partial charge in [-0.3, -0.25) is 9.80 Å². The number of phenols is 2. The second-order valence-electron chi connectivity index (χ2n) is 7.71. The Hall–Kier alpha value is -2.04. The molecular formula is C22H30N2O2. The molecule has 2 aromatic rings. The zero-order chi connectivity index (χ0) is 18.8. The van der Waals surface area contributed by atoms with E-state index < -0.39 is 0 Å². The first-order chi connectivity index (χ1) is 12.3. The summed E-state index contributed by atoms with van der Waals surface area (Å²) in [6.07, 6.45) is 0. The van der Waals surface area contributed by atoms with Crippen molar-refractivity contribution in [2.24, 2.45) is 0 Å². The van der Waals surface area contributed by atoms with Gasteiger partial charge in [0.25, 0.3) is 0 Å². The van der Waals surface area contributed by atoms with E-state index in [9.17, 15) is 10.2 Å². The molecule has 0 bridgehead atoms. The van der Waals surface area contributed by atoms with Gasteiger partial charge in [-0.25, -0.2) is 0 Å². The summed E-state index contributed by atoms with van der Waals surface area (Å²) in [7, 11) is 0. The normalized spacial score (nSPS) is 16.2. The molecule has 1 fully saturated rings. The van der Waals surface area contributed by atoms with Gasteiger partial charge in [0.05, 0.1) is 0 Å². The second kappa shape index (κ2) is 7.68. The van der Waals surface area contributed by atoms with Gasteiger partial charge in [0, 0.05) is 39.3 Å². The highest BCUT2D eigenvalue weighted by Gasteiger charge is 2.18. The van der Waals surface area contributed by atoms with Crippen molar-refractivity contribution < 1.29 is 10.2 Å². The van der Waals surface area contributed by atoms with Gasteiger partial charge < -0.3 is 10.2 Å². The molecule has 140 valence electrons. The van der Waals surface area contributed by atoms with Crippen LogP contribution in [-0.2, 0) is 13.1 Å². The van der Waals surface area contributed by atoms with Crippen LogP contribution < -0.4 is 0 Å². The smallest absolute Gasteiger partial charge is 0.121 e. The Labute approximate surface area is 156 Å². The van der Waals surface area contributed by atoms with Gasteiger partial charge in [-0.1, -0.05) is 24.3 Å². The van der Waals surface area contributed by atoms with E-state index >= 15 is 0 Å². The van der Waals surface area contributed by atoms with E-state index in [-0.39, 0.29) is 0 Å². The summed E-state index contributed by atoms with van der Waals surface area (Å²) in [5.74, 6) is 0.830. The monoisotopic (exact) mass is 354 g/mol. The van der Waals surface area contributed by atoms with Crippen molar-refractivity contribution >= 4 is 0 Å². The van der Waals surface area contributed by atoms with Crippen LogP contribution in [0.2, 0.25) is 0 Å². The lowest BCUT2D eigenvalue weighted by Crippen LogP contribution is -2.45. The highest BCUT2D eigenvalue weighted by molar-refractivity contribution is 5.43. The molecule has 1 heterocycles. The summed E-state index contributed by atoms with van der Waals surface area (Å²) in [5, 5.41) is 19.9. The van der Waals surface area contributed by atoms with E-state index in [1.807, 2.05) is 27.7 Å². The third-order valence-electron chi connectivity index (χ3n) is 5.38. The van der Waals surface area contributed by atoms with Crippen molar-refractivity contribution in [3.63, 3.8) is 0 Å². The molecule has 1 saturated heterocycles. The third kappa shape index (κ3) is 4.19. The van der Waals surface area contributed by atoms with Crippen LogP contribution in [0.3, 0.4) is 0 Å². The Balaban J connectivity index is 1.56. The average molecular weight is 354 g/mol. The Bertz CT molecular complexity index is 679. The molecule has 0 aromatic heterocycles. The van der Waals surface area contributed by atoms with E-state index in [2.05, 4.69) is 34.1 Å². The number of piperazine rings is 1. The van der Waals surface area contributed by atoms with E-state index in [1.54, 1.807) is 0 Å². The van der Waals surface area contributed by atoms with E-state index in [0.717, 1.165) is 61.5 Å². The molecule has 0 radical (unpaired) electrons. The summed E-state index contributed by atoms with van der Waals surface area (Å²) in [6.45, 7) is 13.9. The summed E-state index contributed by atoms with van der Waals surface area (Å²) < 4.78 is 0. The van der Waals surface area contributed by atoms with Crippen LogP contribution in [-0.4, -0.2) is 46.2 Å². The molecule has 2 N–H and O–H groups in total. The fourth-order valence-electron chi connectivity index (χ4n) is 3.90. The molecule has 4 heteroatoms. The lowest BCUT2D eigenvalue weighted by atomic mass is 10.0. The maximum atomic E-state index is 9.93. The molecule has 1 aliphatic rings. The van der Waals surface area contributed by atoms with Crippen molar-refractivity contribution in [3.05, 3.63) is 57.6 Å². The van der Waals surface area contributed by atoms with Gasteiger partial charge in [-0.2, -0.15) is 0 Å². The quantitative estimate of drug-likeness (QED) is 0.880. The Morgan fingerprint density at radius 2 is 0.885 bits per heavy atom. The number of aryl methyl sites for hydroxylation is 4. The Morgan fingerprint density at radius 1 is 0.615 bits per heavy atom. The topological polar surface area (TPSA) is 46.9 Å². The molecule has 0 spiro atoms. The van der Waals surface area contributed by atoms with Crippen molar-refractivity contribution in [2.75, 3.05) is 26.2 Å². The number of hydrogen-bond acceptors (Lipinski definition) is 4. The van der Waals surface area contributed by atoms with Crippen LogP contribution in [0.1, 0.15) is 33.4 Å². The fourth-order valence-corrected chi connectivity index (χ4v) is 3.90. The number of aromatic hydroxyl groups is 2. The van der Waals surface area contributed by atoms with Crippen molar-refractivity contribution in [1.82, 2.24) is 9.80 Å². The van der Waals surface area contributed by atoms with Gasteiger partial charge in [-0.15, -0.1) is 0 Å². The lowest BCUT2D eigenvalue weighted by molar-refractivity contribution is 0.122. The molecule has 0 atom stereocenters. The maximum Gasteiger partial charge on any atom is 0.121 e. The van der Waals surface area contributed by atoms with Gasteiger partial charge in [0.15, 0.2) is 0 Å². The highest BCUT2D eigenvalue weighted by atomic mass is 16.3. The first kappa shape index (κ1) is 18.7. The minimum absolute atomic E-state index is 0.415. The van der Waals surface area contributed by atoms with Crippen LogP contribution in [0.5, 0.6) is 11.5 Å². The summed E-state index contributed by atoms with van der Waals surface area (Å²) in [4.78, 5) is 4.96. The van der Waals surface area contributed by atoms with Gasteiger partial charge in [-0.05, 0) is 61.1 Å². The van der Waals surface area contributed by atoms with Gasteiger partial charge in [0.2, 0.25) is 0 Å². The van der Waals surface area contributed by atoms with E-state index in [0.29, 0.717) is 11.5 Å². The molecule has 0 aliphatic carbocycles. The molecule has 0 saturated carbocycles. The van der Waals surface area contributed by atoms with Crippen molar-refractivity contribution in [1.29, 1.82) is 0 Å². The molecule has 1 aliphatic heterocycles. The SMILES string of the molecule is Cc1cc(CN2CCN(Cc3cc(C)c(O)c(C)c3)CC2)cc(C)c1O. The first-order valence-electron chi connectivity index (χ1n) is 9.36. The number of hydrogen-bond donors (Lipinski definition) is 2. The van der Waals surface area contributed by atoms with E-state index in [1.165, 1.54) is 11.1 Å². The number of nitrogens with zero attached hydrogens (tertiary/aromatic N) is 2. The highest BCUT2D eigenvalue weighted by Crippen LogP contribution is 2.25. The molecule has 4 nitrogen and oxygen atoms in total.